The van der Waals surface area contributed by atoms with Crippen LogP contribution in [0.15, 0.2) is 12.1 Å². The summed E-state index contributed by atoms with van der Waals surface area (Å²) in [5.41, 5.74) is 5.44. The molecule has 3 N–H and O–H groups in total. The highest BCUT2D eigenvalue weighted by Gasteiger charge is 2.27. The van der Waals surface area contributed by atoms with Crippen LogP contribution in [-0.2, 0) is 14.3 Å². The van der Waals surface area contributed by atoms with Gasteiger partial charge in [0.1, 0.15) is 0 Å². The van der Waals surface area contributed by atoms with E-state index in [4.69, 9.17) is 24.7 Å². The highest BCUT2D eigenvalue weighted by Crippen LogP contribution is 2.38. The van der Waals surface area contributed by atoms with Crippen LogP contribution in [0.5, 0.6) is 17.2 Å². The fourth-order valence-electron chi connectivity index (χ4n) is 3.04. The molecule has 0 bridgehead atoms. The minimum absolute atomic E-state index is 0.264. The number of likely N-dealkylation sites (tertiary alicyclic amines) is 1. The number of nitrogens with zero attached hydrogens (tertiary/aromatic N) is 1. The molecule has 1 aliphatic heterocycles. The number of nitrogens with one attached hydrogen (secondary N) is 1. The molecule has 2 rings (SSSR count). The minimum Gasteiger partial charge on any atom is -0.493 e. The molecule has 1 aromatic rings. The quantitative estimate of drug-likeness (QED) is 0.450. The summed E-state index contributed by atoms with van der Waals surface area (Å²) in [6, 6.07) is 2.83. The molecule has 30 heavy (non-hydrogen) atoms. The Morgan fingerprint density at radius 3 is 2.33 bits per heavy atom. The Hall–Kier alpha value is -3.21. The maximum absolute atomic E-state index is 12.7. The second-order valence-electron chi connectivity index (χ2n) is 6.42. The number of carbonyl (C=O) groups is 3. The molecule has 1 atom stereocenters. The highest BCUT2D eigenvalue weighted by molar-refractivity contribution is 5.95. The molecular weight excluding hydrogens is 398 g/mol. The van der Waals surface area contributed by atoms with E-state index in [0.29, 0.717) is 42.2 Å². The first kappa shape index (κ1) is 23.1. The normalized spacial score (nSPS) is 15.7. The van der Waals surface area contributed by atoms with Crippen molar-refractivity contribution in [2.24, 2.45) is 5.73 Å². The van der Waals surface area contributed by atoms with Crippen molar-refractivity contribution in [3.05, 3.63) is 17.7 Å². The summed E-state index contributed by atoms with van der Waals surface area (Å²) in [5.74, 6) is 0.104. The number of carbonyl (C=O) groups excluding carboxylic acids is 3. The Kier molecular flexibility index (Phi) is 8.54. The molecular formula is C19H27N3O8. The van der Waals surface area contributed by atoms with Gasteiger partial charge in [0, 0.05) is 24.7 Å². The first-order valence-corrected chi connectivity index (χ1v) is 9.31. The van der Waals surface area contributed by atoms with E-state index in [-0.39, 0.29) is 25.0 Å². The van der Waals surface area contributed by atoms with E-state index >= 15 is 0 Å². The van der Waals surface area contributed by atoms with Gasteiger partial charge < -0.3 is 39.6 Å². The Labute approximate surface area is 174 Å². The van der Waals surface area contributed by atoms with Crippen molar-refractivity contribution in [1.29, 1.82) is 0 Å². The number of rotatable bonds is 8. The number of esters is 1. The molecule has 11 heteroatoms. The van der Waals surface area contributed by atoms with E-state index in [2.05, 4.69) is 10.1 Å². The van der Waals surface area contributed by atoms with Gasteiger partial charge in [-0.25, -0.2) is 4.79 Å². The van der Waals surface area contributed by atoms with Crippen molar-refractivity contribution >= 4 is 18.0 Å². The zero-order valence-electron chi connectivity index (χ0n) is 17.3. The van der Waals surface area contributed by atoms with Crippen molar-refractivity contribution in [2.75, 3.05) is 47.8 Å². The number of ether oxygens (including phenoxy) is 5. The lowest BCUT2D eigenvalue weighted by Crippen LogP contribution is -2.49. The molecule has 1 saturated heterocycles. The van der Waals surface area contributed by atoms with Crippen LogP contribution >= 0.6 is 0 Å². The predicted molar refractivity (Wildman–Crippen MR) is 105 cm³/mol. The van der Waals surface area contributed by atoms with Crippen molar-refractivity contribution in [1.82, 2.24) is 10.2 Å². The van der Waals surface area contributed by atoms with E-state index in [1.54, 1.807) is 12.1 Å². The second kappa shape index (κ2) is 11.1. The van der Waals surface area contributed by atoms with Crippen molar-refractivity contribution in [2.45, 2.75) is 18.9 Å². The number of nitrogens with two attached hydrogens (primary N) is 1. The van der Waals surface area contributed by atoms with Crippen LogP contribution in [0.1, 0.15) is 23.2 Å². The van der Waals surface area contributed by atoms with Gasteiger partial charge in [0.05, 0.1) is 27.9 Å². The van der Waals surface area contributed by atoms with E-state index in [1.165, 1.54) is 26.2 Å². The van der Waals surface area contributed by atoms with Gasteiger partial charge in [-0.3, -0.25) is 9.59 Å². The molecule has 0 aromatic heterocycles. The number of piperidine rings is 1. The lowest BCUT2D eigenvalue weighted by atomic mass is 10.1. The summed E-state index contributed by atoms with van der Waals surface area (Å²) in [6.45, 7) is -0.0653. The topological polar surface area (TPSA) is 139 Å². The summed E-state index contributed by atoms with van der Waals surface area (Å²) in [6.07, 6.45) is 0.742. The lowest BCUT2D eigenvalue weighted by molar-refractivity contribution is -0.150. The molecule has 1 unspecified atom stereocenters. The zero-order chi connectivity index (χ0) is 22.1. The molecule has 0 aliphatic carbocycles. The zero-order valence-corrected chi connectivity index (χ0v) is 17.3. The second-order valence-corrected chi connectivity index (χ2v) is 6.42. The lowest BCUT2D eigenvalue weighted by Gasteiger charge is -2.32. The van der Waals surface area contributed by atoms with Crippen molar-refractivity contribution in [3.63, 3.8) is 0 Å². The Morgan fingerprint density at radius 1 is 1.10 bits per heavy atom. The van der Waals surface area contributed by atoms with Gasteiger partial charge in [-0.1, -0.05) is 0 Å². The molecule has 11 nitrogen and oxygen atoms in total. The Morgan fingerprint density at radius 2 is 1.77 bits per heavy atom. The van der Waals surface area contributed by atoms with E-state index in [9.17, 15) is 14.4 Å². The van der Waals surface area contributed by atoms with Crippen LogP contribution in [0.25, 0.3) is 0 Å². The third kappa shape index (κ3) is 5.89. The Balaban J connectivity index is 1.98. The van der Waals surface area contributed by atoms with Gasteiger partial charge in [-0.05, 0) is 25.0 Å². The molecule has 1 aromatic carbocycles. The van der Waals surface area contributed by atoms with Crippen LogP contribution in [0.3, 0.4) is 0 Å². The largest absolute Gasteiger partial charge is 0.493 e. The smallest absolute Gasteiger partial charge is 0.412 e. The number of amides is 2. The fourth-order valence-corrected chi connectivity index (χ4v) is 3.04. The standard InChI is InChI=1S/C19H27N3O8/c1-26-14-7-12(8-15(27-2)17(14)28-3)18(24)21-13-5-4-6-22(10-13)19(25)30-11-29-16(23)9-20/h7-8,13H,4-6,9-11,20H2,1-3H3,(H,21,24). The summed E-state index contributed by atoms with van der Waals surface area (Å²) >= 11 is 0. The van der Waals surface area contributed by atoms with Crippen LogP contribution in [-0.4, -0.2) is 76.7 Å². The highest BCUT2D eigenvalue weighted by atomic mass is 16.7. The number of benzene rings is 1. The maximum Gasteiger partial charge on any atom is 0.412 e. The van der Waals surface area contributed by atoms with Crippen LogP contribution in [0.2, 0.25) is 0 Å². The van der Waals surface area contributed by atoms with E-state index in [1.807, 2.05) is 0 Å². The summed E-state index contributed by atoms with van der Waals surface area (Å²) < 4.78 is 25.3. The first-order chi connectivity index (χ1) is 14.4. The van der Waals surface area contributed by atoms with E-state index in [0.717, 1.165) is 0 Å². The molecule has 166 valence electrons. The first-order valence-electron chi connectivity index (χ1n) is 9.31. The summed E-state index contributed by atoms with van der Waals surface area (Å²) in [7, 11) is 4.41. The van der Waals surface area contributed by atoms with Crippen LogP contribution in [0, 0.1) is 0 Å². The molecule has 2 amide bonds. The predicted octanol–water partition coefficient (Wildman–Crippen LogP) is 0.503. The van der Waals surface area contributed by atoms with Gasteiger partial charge in [-0.15, -0.1) is 0 Å². The van der Waals surface area contributed by atoms with Gasteiger partial charge in [0.2, 0.25) is 12.5 Å². The van der Waals surface area contributed by atoms with E-state index < -0.39 is 18.9 Å². The molecule has 1 aliphatic rings. The van der Waals surface area contributed by atoms with Crippen LogP contribution in [0.4, 0.5) is 4.79 Å². The average molecular weight is 425 g/mol. The average Bonchev–Trinajstić information content (AvgIpc) is 2.77. The monoisotopic (exact) mass is 425 g/mol. The summed E-state index contributed by atoms with van der Waals surface area (Å²) in [5, 5.41) is 2.90. The minimum atomic E-state index is -0.670. The molecule has 0 radical (unpaired) electrons. The van der Waals surface area contributed by atoms with Crippen molar-refractivity contribution in [3.8, 4) is 17.2 Å². The number of methoxy groups -OCH3 is 3. The van der Waals surface area contributed by atoms with Gasteiger partial charge >= 0.3 is 12.1 Å². The van der Waals surface area contributed by atoms with Crippen molar-refractivity contribution < 1.29 is 38.1 Å². The number of hydrogen-bond acceptors (Lipinski definition) is 9. The molecule has 1 heterocycles. The molecule has 0 saturated carbocycles. The Bertz CT molecular complexity index is 745. The maximum atomic E-state index is 12.7. The SMILES string of the molecule is COc1cc(C(=O)NC2CCCN(C(=O)OCOC(=O)CN)C2)cc(OC)c1OC. The molecule has 1 fully saturated rings. The third-order valence-electron chi connectivity index (χ3n) is 4.51. The van der Waals surface area contributed by atoms with Crippen LogP contribution < -0.4 is 25.3 Å². The van der Waals surface area contributed by atoms with Gasteiger partial charge in [0.25, 0.3) is 5.91 Å². The number of hydrogen-bond donors (Lipinski definition) is 2. The molecule has 0 spiro atoms. The fraction of sp³-hybridized carbons (Fsp3) is 0.526. The van der Waals surface area contributed by atoms with Gasteiger partial charge in [-0.2, -0.15) is 0 Å². The third-order valence-corrected chi connectivity index (χ3v) is 4.51. The summed E-state index contributed by atoms with van der Waals surface area (Å²) in [4.78, 5) is 37.3. The van der Waals surface area contributed by atoms with Gasteiger partial charge in [0.15, 0.2) is 11.5 Å².